The molecule has 0 aliphatic carbocycles. The van der Waals surface area contributed by atoms with Gasteiger partial charge < -0.3 is 20.1 Å². The first-order valence-electron chi connectivity index (χ1n) is 8.11. The number of aryl methyl sites for hydroxylation is 1. The summed E-state index contributed by atoms with van der Waals surface area (Å²) in [6.07, 6.45) is 2.24. The Morgan fingerprint density at radius 1 is 1.15 bits per heavy atom. The lowest BCUT2D eigenvalue weighted by Gasteiger charge is -2.12. The van der Waals surface area contributed by atoms with E-state index in [1.165, 1.54) is 20.4 Å². The molecule has 0 bridgehead atoms. The standard InChI is InChI=1S/C20H21N3O3/c1-4-14-7-5-6-8-17(14)22-13-15(12-21)20(24)23-18-11-16(25-2)9-10-19(18)26-3/h5-11,13,22H,4H2,1-3H3,(H,23,24)/b15-13-. The molecular formula is C20H21N3O3. The quantitative estimate of drug-likeness (QED) is 0.587. The Morgan fingerprint density at radius 3 is 2.58 bits per heavy atom. The molecule has 2 aromatic rings. The van der Waals surface area contributed by atoms with Crippen LogP contribution in [0.25, 0.3) is 0 Å². The fraction of sp³-hybridized carbons (Fsp3) is 0.200. The van der Waals surface area contributed by atoms with Crippen LogP contribution < -0.4 is 20.1 Å². The Bertz CT molecular complexity index is 854. The van der Waals surface area contributed by atoms with Crippen LogP contribution >= 0.6 is 0 Å². The van der Waals surface area contributed by atoms with Gasteiger partial charge in [0.15, 0.2) is 0 Å². The van der Waals surface area contributed by atoms with Crippen LogP contribution in [0, 0.1) is 11.3 Å². The number of benzene rings is 2. The van der Waals surface area contributed by atoms with Crippen molar-refractivity contribution < 1.29 is 14.3 Å². The summed E-state index contributed by atoms with van der Waals surface area (Å²) in [5.41, 5.74) is 2.32. The molecule has 2 aromatic carbocycles. The summed E-state index contributed by atoms with van der Waals surface area (Å²) in [5.74, 6) is 0.500. The highest BCUT2D eigenvalue weighted by atomic mass is 16.5. The number of hydrogen-bond acceptors (Lipinski definition) is 5. The van der Waals surface area contributed by atoms with Gasteiger partial charge in [-0.2, -0.15) is 5.26 Å². The minimum atomic E-state index is -0.541. The highest BCUT2D eigenvalue weighted by molar-refractivity contribution is 6.07. The van der Waals surface area contributed by atoms with Gasteiger partial charge >= 0.3 is 0 Å². The molecule has 0 saturated carbocycles. The van der Waals surface area contributed by atoms with E-state index in [2.05, 4.69) is 10.6 Å². The third-order valence-corrected chi connectivity index (χ3v) is 3.79. The van der Waals surface area contributed by atoms with Crippen LogP contribution in [0.3, 0.4) is 0 Å². The summed E-state index contributed by atoms with van der Waals surface area (Å²) < 4.78 is 10.4. The minimum Gasteiger partial charge on any atom is -0.497 e. The molecule has 0 atom stereocenters. The maximum absolute atomic E-state index is 12.4. The molecule has 0 spiro atoms. The number of nitrogens with zero attached hydrogens (tertiary/aromatic N) is 1. The zero-order chi connectivity index (χ0) is 18.9. The number of hydrogen-bond donors (Lipinski definition) is 2. The molecule has 0 fully saturated rings. The van der Waals surface area contributed by atoms with Gasteiger partial charge in [0, 0.05) is 18.0 Å². The second-order valence-electron chi connectivity index (χ2n) is 5.35. The Labute approximate surface area is 153 Å². The predicted octanol–water partition coefficient (Wildman–Crippen LogP) is 3.72. The average molecular weight is 351 g/mol. The van der Waals surface area contributed by atoms with Gasteiger partial charge in [-0.3, -0.25) is 4.79 Å². The number of ether oxygens (including phenoxy) is 2. The topological polar surface area (TPSA) is 83.4 Å². The maximum Gasteiger partial charge on any atom is 0.267 e. The smallest absolute Gasteiger partial charge is 0.267 e. The molecule has 0 aliphatic heterocycles. The first-order valence-corrected chi connectivity index (χ1v) is 8.11. The summed E-state index contributed by atoms with van der Waals surface area (Å²) in [6.45, 7) is 2.04. The molecule has 134 valence electrons. The first-order chi connectivity index (χ1) is 12.6. The van der Waals surface area contributed by atoms with E-state index in [4.69, 9.17) is 9.47 Å². The highest BCUT2D eigenvalue weighted by Gasteiger charge is 2.13. The van der Waals surface area contributed by atoms with E-state index in [1.54, 1.807) is 18.2 Å². The van der Waals surface area contributed by atoms with Gasteiger partial charge in [0.2, 0.25) is 0 Å². The van der Waals surface area contributed by atoms with Gasteiger partial charge in [0.05, 0.1) is 19.9 Å². The number of para-hydroxylation sites is 1. The normalized spacial score (nSPS) is 10.6. The van der Waals surface area contributed by atoms with Crippen molar-refractivity contribution in [1.82, 2.24) is 0 Å². The second kappa shape index (κ2) is 9.14. The van der Waals surface area contributed by atoms with Gasteiger partial charge in [-0.15, -0.1) is 0 Å². The van der Waals surface area contributed by atoms with Crippen LogP contribution in [-0.4, -0.2) is 20.1 Å². The van der Waals surface area contributed by atoms with Gasteiger partial charge in [-0.1, -0.05) is 25.1 Å². The summed E-state index contributed by atoms with van der Waals surface area (Å²) >= 11 is 0. The summed E-state index contributed by atoms with van der Waals surface area (Å²) in [6, 6.07) is 14.7. The molecule has 0 saturated heterocycles. The fourth-order valence-electron chi connectivity index (χ4n) is 2.37. The molecular weight excluding hydrogens is 330 g/mol. The van der Waals surface area contributed by atoms with E-state index in [1.807, 2.05) is 37.3 Å². The molecule has 0 aliphatic rings. The monoisotopic (exact) mass is 351 g/mol. The van der Waals surface area contributed by atoms with E-state index in [9.17, 15) is 10.1 Å². The largest absolute Gasteiger partial charge is 0.497 e. The van der Waals surface area contributed by atoms with Crippen molar-refractivity contribution in [1.29, 1.82) is 5.26 Å². The van der Waals surface area contributed by atoms with Crippen molar-refractivity contribution in [3.63, 3.8) is 0 Å². The number of nitrogens with one attached hydrogen (secondary N) is 2. The predicted molar refractivity (Wildman–Crippen MR) is 101 cm³/mol. The van der Waals surface area contributed by atoms with E-state index in [0.717, 1.165) is 17.7 Å². The summed E-state index contributed by atoms with van der Waals surface area (Å²) in [7, 11) is 3.03. The fourth-order valence-corrected chi connectivity index (χ4v) is 2.37. The highest BCUT2D eigenvalue weighted by Crippen LogP contribution is 2.29. The van der Waals surface area contributed by atoms with E-state index >= 15 is 0 Å². The molecule has 6 heteroatoms. The molecule has 0 aromatic heterocycles. The summed E-state index contributed by atoms with van der Waals surface area (Å²) in [5, 5.41) is 15.0. The maximum atomic E-state index is 12.4. The zero-order valence-electron chi connectivity index (χ0n) is 15.0. The van der Waals surface area contributed by atoms with Crippen molar-refractivity contribution in [2.45, 2.75) is 13.3 Å². The van der Waals surface area contributed by atoms with E-state index in [-0.39, 0.29) is 5.57 Å². The van der Waals surface area contributed by atoms with Crippen molar-refractivity contribution in [3.05, 3.63) is 59.8 Å². The molecule has 0 unspecified atom stereocenters. The van der Waals surface area contributed by atoms with Crippen LogP contribution in [0.5, 0.6) is 11.5 Å². The van der Waals surface area contributed by atoms with E-state index < -0.39 is 5.91 Å². The average Bonchev–Trinajstić information content (AvgIpc) is 2.68. The van der Waals surface area contributed by atoms with Crippen molar-refractivity contribution in [2.75, 3.05) is 24.9 Å². The molecule has 0 radical (unpaired) electrons. The van der Waals surface area contributed by atoms with Crippen molar-refractivity contribution in [3.8, 4) is 17.6 Å². The zero-order valence-corrected chi connectivity index (χ0v) is 15.0. The number of nitriles is 1. The molecule has 0 heterocycles. The second-order valence-corrected chi connectivity index (χ2v) is 5.35. The molecule has 2 N–H and O–H groups in total. The first kappa shape index (κ1) is 18.9. The number of rotatable bonds is 7. The Kier molecular flexibility index (Phi) is 6.63. The number of methoxy groups -OCH3 is 2. The summed E-state index contributed by atoms with van der Waals surface area (Å²) in [4.78, 5) is 12.4. The molecule has 1 amide bonds. The number of carbonyl (C=O) groups excluding carboxylic acids is 1. The van der Waals surface area contributed by atoms with Crippen LogP contribution in [0.15, 0.2) is 54.2 Å². The Hall–Kier alpha value is -3.46. The van der Waals surface area contributed by atoms with Crippen LogP contribution in [0.2, 0.25) is 0 Å². The van der Waals surface area contributed by atoms with Crippen LogP contribution in [0.1, 0.15) is 12.5 Å². The number of amides is 1. The molecule has 26 heavy (non-hydrogen) atoms. The van der Waals surface area contributed by atoms with Crippen LogP contribution in [-0.2, 0) is 11.2 Å². The minimum absolute atomic E-state index is 0.0548. The number of carbonyl (C=O) groups is 1. The molecule has 6 nitrogen and oxygen atoms in total. The lowest BCUT2D eigenvalue weighted by atomic mass is 10.1. The van der Waals surface area contributed by atoms with Crippen molar-refractivity contribution in [2.24, 2.45) is 0 Å². The third kappa shape index (κ3) is 4.54. The van der Waals surface area contributed by atoms with Crippen molar-refractivity contribution >= 4 is 17.3 Å². The van der Waals surface area contributed by atoms with Gasteiger partial charge in [-0.05, 0) is 30.2 Å². The Balaban J connectivity index is 2.20. The lowest BCUT2D eigenvalue weighted by Crippen LogP contribution is -2.15. The Morgan fingerprint density at radius 2 is 1.92 bits per heavy atom. The van der Waals surface area contributed by atoms with Gasteiger partial charge in [0.1, 0.15) is 23.1 Å². The van der Waals surface area contributed by atoms with E-state index in [0.29, 0.717) is 17.2 Å². The lowest BCUT2D eigenvalue weighted by molar-refractivity contribution is -0.112. The third-order valence-electron chi connectivity index (χ3n) is 3.79. The van der Waals surface area contributed by atoms with Gasteiger partial charge in [0.25, 0.3) is 5.91 Å². The molecule has 2 rings (SSSR count). The van der Waals surface area contributed by atoms with Crippen LogP contribution in [0.4, 0.5) is 11.4 Å². The van der Waals surface area contributed by atoms with Gasteiger partial charge in [-0.25, -0.2) is 0 Å². The SMILES string of the molecule is CCc1ccccc1N/C=C(/C#N)C(=O)Nc1cc(OC)ccc1OC. The number of anilines is 2.